The molecule has 1 heterocycles. The van der Waals surface area contributed by atoms with Gasteiger partial charge in [-0.2, -0.15) is 0 Å². The monoisotopic (exact) mass is 218 g/mol. The second kappa shape index (κ2) is 4.22. The van der Waals surface area contributed by atoms with Crippen LogP contribution in [0.1, 0.15) is 0 Å². The van der Waals surface area contributed by atoms with Crippen LogP contribution in [0.25, 0.3) is 11.0 Å². The van der Waals surface area contributed by atoms with E-state index in [4.69, 9.17) is 0 Å². The third-order valence-corrected chi connectivity index (χ3v) is 2.30. The van der Waals surface area contributed by atoms with E-state index in [0.29, 0.717) is 5.95 Å². The SMILES string of the molecule is CN(C)C(=O)CNc1nc2ccccc2[nH]1. The molecule has 1 aromatic carbocycles. The van der Waals surface area contributed by atoms with E-state index < -0.39 is 0 Å². The molecule has 0 fully saturated rings. The molecule has 2 N–H and O–H groups in total. The van der Waals surface area contributed by atoms with Crippen molar-refractivity contribution in [2.45, 2.75) is 0 Å². The number of benzene rings is 1. The van der Waals surface area contributed by atoms with E-state index in [-0.39, 0.29) is 12.5 Å². The minimum Gasteiger partial charge on any atom is -0.347 e. The van der Waals surface area contributed by atoms with E-state index in [1.807, 2.05) is 24.3 Å². The predicted molar refractivity (Wildman–Crippen MR) is 63.3 cm³/mol. The number of nitrogens with one attached hydrogen (secondary N) is 2. The lowest BCUT2D eigenvalue weighted by molar-refractivity contribution is -0.126. The number of aromatic amines is 1. The quantitative estimate of drug-likeness (QED) is 0.810. The van der Waals surface area contributed by atoms with Crippen molar-refractivity contribution in [3.05, 3.63) is 24.3 Å². The van der Waals surface area contributed by atoms with Gasteiger partial charge in [0.15, 0.2) is 0 Å². The number of rotatable bonds is 3. The minimum atomic E-state index is 0.0143. The number of amides is 1. The summed E-state index contributed by atoms with van der Waals surface area (Å²) in [5.74, 6) is 0.636. The molecule has 5 heteroatoms. The van der Waals surface area contributed by atoms with Gasteiger partial charge in [-0.25, -0.2) is 4.98 Å². The number of anilines is 1. The summed E-state index contributed by atoms with van der Waals surface area (Å²) in [6.45, 7) is 0.243. The first-order valence-corrected chi connectivity index (χ1v) is 5.05. The molecule has 0 saturated heterocycles. The topological polar surface area (TPSA) is 61.0 Å². The number of carbonyl (C=O) groups excluding carboxylic acids is 1. The Morgan fingerprint density at radius 3 is 2.88 bits per heavy atom. The average molecular weight is 218 g/mol. The fourth-order valence-electron chi connectivity index (χ4n) is 1.35. The number of aromatic nitrogens is 2. The van der Waals surface area contributed by atoms with Gasteiger partial charge in [-0.1, -0.05) is 12.1 Å². The van der Waals surface area contributed by atoms with Crippen LogP contribution in [-0.4, -0.2) is 41.4 Å². The summed E-state index contributed by atoms with van der Waals surface area (Å²) in [6, 6.07) is 7.74. The van der Waals surface area contributed by atoms with E-state index in [2.05, 4.69) is 15.3 Å². The standard InChI is InChI=1S/C11H14N4O/c1-15(2)10(16)7-12-11-13-8-5-3-4-6-9(8)14-11/h3-6H,7H2,1-2H3,(H2,12,13,14). The van der Waals surface area contributed by atoms with Gasteiger partial charge in [0, 0.05) is 14.1 Å². The summed E-state index contributed by atoms with van der Waals surface area (Å²) in [5, 5.41) is 2.96. The predicted octanol–water partition coefficient (Wildman–Crippen LogP) is 1.06. The summed E-state index contributed by atoms with van der Waals surface area (Å²) in [7, 11) is 3.45. The smallest absolute Gasteiger partial charge is 0.241 e. The van der Waals surface area contributed by atoms with Gasteiger partial charge in [0.1, 0.15) is 0 Å². The first-order chi connectivity index (χ1) is 7.66. The van der Waals surface area contributed by atoms with Crippen LogP contribution >= 0.6 is 0 Å². The first-order valence-electron chi connectivity index (χ1n) is 5.05. The van der Waals surface area contributed by atoms with E-state index in [9.17, 15) is 4.79 Å². The molecule has 0 saturated carbocycles. The van der Waals surface area contributed by atoms with Gasteiger partial charge < -0.3 is 15.2 Å². The molecule has 16 heavy (non-hydrogen) atoms. The number of fused-ring (bicyclic) bond motifs is 1. The van der Waals surface area contributed by atoms with Crippen LogP contribution in [-0.2, 0) is 4.79 Å². The summed E-state index contributed by atoms with van der Waals surface area (Å²) in [4.78, 5) is 20.3. The number of hydrogen-bond donors (Lipinski definition) is 2. The Balaban J connectivity index is 2.07. The molecular formula is C11H14N4O. The number of carbonyl (C=O) groups is 1. The lowest BCUT2D eigenvalue weighted by atomic mass is 10.3. The van der Waals surface area contributed by atoms with Gasteiger partial charge in [-0.3, -0.25) is 4.79 Å². The molecule has 0 aliphatic rings. The van der Waals surface area contributed by atoms with Gasteiger partial charge in [0.05, 0.1) is 17.6 Å². The zero-order chi connectivity index (χ0) is 11.5. The van der Waals surface area contributed by atoms with Crippen molar-refractivity contribution in [1.82, 2.24) is 14.9 Å². The second-order valence-electron chi connectivity index (χ2n) is 3.74. The van der Waals surface area contributed by atoms with E-state index >= 15 is 0 Å². The molecule has 2 rings (SSSR count). The van der Waals surface area contributed by atoms with Crippen molar-refractivity contribution in [3.63, 3.8) is 0 Å². The maximum Gasteiger partial charge on any atom is 0.241 e. The Labute approximate surface area is 93.5 Å². The van der Waals surface area contributed by atoms with Crippen molar-refractivity contribution in [1.29, 1.82) is 0 Å². The Morgan fingerprint density at radius 1 is 1.44 bits per heavy atom. The zero-order valence-electron chi connectivity index (χ0n) is 9.32. The van der Waals surface area contributed by atoms with Crippen LogP contribution in [0.2, 0.25) is 0 Å². The van der Waals surface area contributed by atoms with Crippen LogP contribution < -0.4 is 5.32 Å². The molecule has 5 nitrogen and oxygen atoms in total. The van der Waals surface area contributed by atoms with Crippen LogP contribution in [0.15, 0.2) is 24.3 Å². The zero-order valence-corrected chi connectivity index (χ0v) is 9.32. The highest BCUT2D eigenvalue weighted by atomic mass is 16.2. The molecule has 0 radical (unpaired) electrons. The molecule has 0 aliphatic heterocycles. The minimum absolute atomic E-state index is 0.0143. The second-order valence-corrected chi connectivity index (χ2v) is 3.74. The lowest BCUT2D eigenvalue weighted by Gasteiger charge is -2.09. The Bertz CT molecular complexity index is 470. The molecule has 1 aromatic heterocycles. The summed E-state index contributed by atoms with van der Waals surface area (Å²) < 4.78 is 0. The number of hydrogen-bond acceptors (Lipinski definition) is 3. The van der Waals surface area contributed by atoms with E-state index in [1.54, 1.807) is 14.1 Å². The van der Waals surface area contributed by atoms with Crippen LogP contribution in [0.5, 0.6) is 0 Å². The molecule has 2 aromatic rings. The van der Waals surface area contributed by atoms with Crippen LogP contribution in [0.4, 0.5) is 5.95 Å². The normalized spacial score (nSPS) is 10.4. The third-order valence-electron chi connectivity index (χ3n) is 2.30. The van der Waals surface area contributed by atoms with Crippen molar-refractivity contribution in [2.24, 2.45) is 0 Å². The fourth-order valence-corrected chi connectivity index (χ4v) is 1.35. The number of nitrogens with zero attached hydrogens (tertiary/aromatic N) is 2. The average Bonchev–Trinajstić information content (AvgIpc) is 2.68. The van der Waals surface area contributed by atoms with Crippen molar-refractivity contribution >= 4 is 22.9 Å². The van der Waals surface area contributed by atoms with Gasteiger partial charge in [-0.05, 0) is 12.1 Å². The lowest BCUT2D eigenvalue weighted by Crippen LogP contribution is -2.28. The van der Waals surface area contributed by atoms with E-state index in [1.165, 1.54) is 4.90 Å². The molecular weight excluding hydrogens is 204 g/mol. The highest BCUT2D eigenvalue weighted by molar-refractivity contribution is 5.81. The molecule has 1 amide bonds. The number of H-pyrrole nitrogens is 1. The van der Waals surface area contributed by atoms with Crippen molar-refractivity contribution in [2.75, 3.05) is 26.0 Å². The molecule has 0 unspecified atom stereocenters. The first kappa shape index (κ1) is 10.5. The summed E-state index contributed by atoms with van der Waals surface area (Å²) in [6.07, 6.45) is 0. The van der Waals surface area contributed by atoms with Gasteiger partial charge in [0.25, 0.3) is 0 Å². The van der Waals surface area contributed by atoms with Crippen LogP contribution in [0.3, 0.4) is 0 Å². The van der Waals surface area contributed by atoms with Gasteiger partial charge in [-0.15, -0.1) is 0 Å². The Morgan fingerprint density at radius 2 is 2.19 bits per heavy atom. The molecule has 84 valence electrons. The number of imidazole rings is 1. The van der Waals surface area contributed by atoms with Crippen molar-refractivity contribution in [3.8, 4) is 0 Å². The largest absolute Gasteiger partial charge is 0.347 e. The maximum atomic E-state index is 11.4. The molecule has 0 spiro atoms. The summed E-state index contributed by atoms with van der Waals surface area (Å²) >= 11 is 0. The highest BCUT2D eigenvalue weighted by Gasteiger charge is 2.05. The van der Waals surface area contributed by atoms with Crippen molar-refractivity contribution < 1.29 is 4.79 Å². The molecule has 0 aliphatic carbocycles. The number of para-hydroxylation sites is 2. The summed E-state index contributed by atoms with van der Waals surface area (Å²) in [5.41, 5.74) is 1.85. The Hall–Kier alpha value is -2.04. The van der Waals surface area contributed by atoms with Crippen LogP contribution in [0, 0.1) is 0 Å². The maximum absolute atomic E-state index is 11.4. The third kappa shape index (κ3) is 2.13. The fraction of sp³-hybridized carbons (Fsp3) is 0.273. The Kier molecular flexibility index (Phi) is 2.76. The van der Waals surface area contributed by atoms with Gasteiger partial charge >= 0.3 is 0 Å². The molecule has 0 bridgehead atoms. The van der Waals surface area contributed by atoms with Gasteiger partial charge in [0.2, 0.25) is 11.9 Å². The highest BCUT2D eigenvalue weighted by Crippen LogP contribution is 2.12. The molecule has 0 atom stereocenters. The van der Waals surface area contributed by atoms with E-state index in [0.717, 1.165) is 11.0 Å². The number of likely N-dealkylation sites (N-methyl/N-ethyl adjacent to an activating group) is 1.